The summed E-state index contributed by atoms with van der Waals surface area (Å²) in [5.74, 6) is -0.876. The Morgan fingerprint density at radius 1 is 1.00 bits per heavy atom. The Morgan fingerprint density at radius 3 is 2.30 bits per heavy atom. The monoisotopic (exact) mass is 391 g/mol. The van der Waals surface area contributed by atoms with Gasteiger partial charge in [-0.05, 0) is 43.3 Å². The van der Waals surface area contributed by atoms with E-state index in [-0.39, 0.29) is 16.2 Å². The molecule has 0 spiro atoms. The summed E-state index contributed by atoms with van der Waals surface area (Å²) in [6.45, 7) is 3.36. The molecule has 0 fully saturated rings. The molecule has 1 amide bonds. The molecule has 144 valence electrons. The third kappa shape index (κ3) is 5.55. The standard InChI is InChI=1S/C19H21NO6S/c1-3-25-15-11-9-14(10-12-15)20-18(21)13-26-19(22)16-7-5-6-8-17(16)27(23,24)4-2/h5-12H,3-4,13H2,1-2H3,(H,20,21). The third-order valence-corrected chi connectivity index (χ3v) is 5.39. The van der Waals surface area contributed by atoms with Gasteiger partial charge in [0.1, 0.15) is 5.75 Å². The molecule has 0 saturated heterocycles. The lowest BCUT2D eigenvalue weighted by Gasteiger charge is -2.10. The van der Waals surface area contributed by atoms with Crippen LogP contribution < -0.4 is 10.1 Å². The van der Waals surface area contributed by atoms with Gasteiger partial charge in [-0.15, -0.1) is 0 Å². The number of carbonyl (C=O) groups excluding carboxylic acids is 2. The van der Waals surface area contributed by atoms with Crippen LogP contribution >= 0.6 is 0 Å². The van der Waals surface area contributed by atoms with Crippen LogP contribution in [-0.4, -0.2) is 39.3 Å². The summed E-state index contributed by atoms with van der Waals surface area (Å²) in [6.07, 6.45) is 0. The fraction of sp³-hybridized carbons (Fsp3) is 0.263. The van der Waals surface area contributed by atoms with Gasteiger partial charge >= 0.3 is 5.97 Å². The number of hydrogen-bond donors (Lipinski definition) is 1. The lowest BCUT2D eigenvalue weighted by molar-refractivity contribution is -0.119. The van der Waals surface area contributed by atoms with Crippen molar-refractivity contribution >= 4 is 27.4 Å². The fourth-order valence-corrected chi connectivity index (χ4v) is 3.35. The zero-order chi connectivity index (χ0) is 19.9. The normalized spacial score (nSPS) is 10.9. The van der Waals surface area contributed by atoms with Crippen molar-refractivity contribution in [2.75, 3.05) is 24.3 Å². The summed E-state index contributed by atoms with van der Waals surface area (Å²) in [6, 6.07) is 12.5. The third-order valence-electron chi connectivity index (χ3n) is 3.61. The molecule has 0 aliphatic heterocycles. The smallest absolute Gasteiger partial charge is 0.339 e. The van der Waals surface area contributed by atoms with Gasteiger partial charge in [0.2, 0.25) is 0 Å². The van der Waals surface area contributed by atoms with Gasteiger partial charge in [-0.3, -0.25) is 4.79 Å². The second-order valence-corrected chi connectivity index (χ2v) is 7.73. The number of nitrogens with one attached hydrogen (secondary N) is 1. The number of anilines is 1. The Labute approximate surface area is 158 Å². The lowest BCUT2D eigenvalue weighted by Crippen LogP contribution is -2.22. The summed E-state index contributed by atoms with van der Waals surface area (Å²) in [5, 5.41) is 2.58. The molecule has 2 aromatic rings. The zero-order valence-corrected chi connectivity index (χ0v) is 15.9. The summed E-state index contributed by atoms with van der Waals surface area (Å²) in [7, 11) is -3.58. The second kappa shape index (κ2) is 9.18. The van der Waals surface area contributed by atoms with E-state index in [0.29, 0.717) is 18.0 Å². The highest BCUT2D eigenvalue weighted by Crippen LogP contribution is 2.18. The summed E-state index contributed by atoms with van der Waals surface area (Å²) in [5.41, 5.74) is 0.432. The van der Waals surface area contributed by atoms with Crippen molar-refractivity contribution < 1.29 is 27.5 Å². The van der Waals surface area contributed by atoms with Crippen molar-refractivity contribution in [3.05, 3.63) is 54.1 Å². The molecule has 0 unspecified atom stereocenters. The van der Waals surface area contributed by atoms with Crippen molar-refractivity contribution in [3.63, 3.8) is 0 Å². The molecule has 0 radical (unpaired) electrons. The molecular weight excluding hydrogens is 370 g/mol. The number of sulfone groups is 1. The van der Waals surface area contributed by atoms with Crippen molar-refractivity contribution in [3.8, 4) is 5.75 Å². The Hall–Kier alpha value is -2.87. The van der Waals surface area contributed by atoms with Gasteiger partial charge in [0, 0.05) is 5.69 Å². The molecule has 0 aliphatic carbocycles. The first-order valence-electron chi connectivity index (χ1n) is 8.39. The van der Waals surface area contributed by atoms with Crippen molar-refractivity contribution in [1.29, 1.82) is 0 Å². The SMILES string of the molecule is CCOc1ccc(NC(=O)COC(=O)c2ccccc2S(=O)(=O)CC)cc1. The van der Waals surface area contributed by atoms with Crippen LogP contribution in [0.3, 0.4) is 0 Å². The molecule has 0 bridgehead atoms. The van der Waals surface area contributed by atoms with Crippen LogP contribution in [0.4, 0.5) is 5.69 Å². The van der Waals surface area contributed by atoms with Crippen LogP contribution in [0.25, 0.3) is 0 Å². The van der Waals surface area contributed by atoms with E-state index in [1.807, 2.05) is 6.92 Å². The maximum Gasteiger partial charge on any atom is 0.339 e. The topological polar surface area (TPSA) is 98.8 Å². The van der Waals surface area contributed by atoms with E-state index < -0.39 is 28.3 Å². The van der Waals surface area contributed by atoms with Crippen LogP contribution in [0.5, 0.6) is 5.75 Å². The first-order valence-corrected chi connectivity index (χ1v) is 10.0. The molecule has 0 saturated carbocycles. The van der Waals surface area contributed by atoms with Gasteiger partial charge in [0.25, 0.3) is 5.91 Å². The van der Waals surface area contributed by atoms with Gasteiger partial charge in [-0.1, -0.05) is 19.1 Å². The van der Waals surface area contributed by atoms with Crippen molar-refractivity contribution in [2.24, 2.45) is 0 Å². The maximum absolute atomic E-state index is 12.2. The molecule has 7 nitrogen and oxygen atoms in total. The fourth-order valence-electron chi connectivity index (χ4n) is 2.27. The van der Waals surface area contributed by atoms with Crippen LogP contribution in [0, 0.1) is 0 Å². The highest BCUT2D eigenvalue weighted by molar-refractivity contribution is 7.91. The number of amides is 1. The molecule has 27 heavy (non-hydrogen) atoms. The number of ether oxygens (including phenoxy) is 2. The van der Waals surface area contributed by atoms with E-state index in [4.69, 9.17) is 9.47 Å². The van der Waals surface area contributed by atoms with Gasteiger partial charge in [-0.2, -0.15) is 0 Å². The van der Waals surface area contributed by atoms with E-state index in [1.165, 1.54) is 31.2 Å². The van der Waals surface area contributed by atoms with E-state index >= 15 is 0 Å². The number of benzene rings is 2. The molecule has 1 N–H and O–H groups in total. The van der Waals surface area contributed by atoms with Crippen LogP contribution in [0.15, 0.2) is 53.4 Å². The number of carbonyl (C=O) groups is 2. The molecule has 0 aliphatic rings. The van der Waals surface area contributed by atoms with Gasteiger partial charge in [-0.25, -0.2) is 13.2 Å². The van der Waals surface area contributed by atoms with Crippen LogP contribution in [0.1, 0.15) is 24.2 Å². The summed E-state index contributed by atoms with van der Waals surface area (Å²) < 4.78 is 34.4. The predicted molar refractivity (Wildman–Crippen MR) is 101 cm³/mol. The van der Waals surface area contributed by atoms with E-state index in [0.717, 1.165) is 0 Å². The molecule has 0 aromatic heterocycles. The summed E-state index contributed by atoms with van der Waals surface area (Å²) >= 11 is 0. The maximum atomic E-state index is 12.2. The molecule has 2 aromatic carbocycles. The molecular formula is C19H21NO6S. The van der Waals surface area contributed by atoms with E-state index in [9.17, 15) is 18.0 Å². The largest absolute Gasteiger partial charge is 0.494 e. The molecule has 2 rings (SSSR count). The van der Waals surface area contributed by atoms with Gasteiger partial charge in [0.15, 0.2) is 16.4 Å². The Balaban J connectivity index is 1.98. The Bertz CT molecular complexity index is 906. The molecule has 0 atom stereocenters. The second-order valence-electron chi connectivity index (χ2n) is 5.48. The average Bonchev–Trinajstić information content (AvgIpc) is 2.68. The number of esters is 1. The molecule has 8 heteroatoms. The van der Waals surface area contributed by atoms with E-state index in [1.54, 1.807) is 24.3 Å². The van der Waals surface area contributed by atoms with Crippen LogP contribution in [-0.2, 0) is 19.4 Å². The van der Waals surface area contributed by atoms with Crippen LogP contribution in [0.2, 0.25) is 0 Å². The van der Waals surface area contributed by atoms with Gasteiger partial charge in [0.05, 0.1) is 22.8 Å². The minimum absolute atomic E-state index is 0.0896. The summed E-state index contributed by atoms with van der Waals surface area (Å²) in [4.78, 5) is 24.1. The lowest BCUT2D eigenvalue weighted by atomic mass is 10.2. The predicted octanol–water partition coefficient (Wildman–Crippen LogP) is 2.67. The van der Waals surface area contributed by atoms with Crippen molar-refractivity contribution in [2.45, 2.75) is 18.7 Å². The quantitative estimate of drug-likeness (QED) is 0.695. The van der Waals surface area contributed by atoms with Crippen molar-refractivity contribution in [1.82, 2.24) is 0 Å². The Morgan fingerprint density at radius 2 is 1.67 bits per heavy atom. The first-order chi connectivity index (χ1) is 12.9. The highest BCUT2D eigenvalue weighted by atomic mass is 32.2. The number of rotatable bonds is 8. The minimum Gasteiger partial charge on any atom is -0.494 e. The van der Waals surface area contributed by atoms with E-state index in [2.05, 4.69) is 5.32 Å². The first kappa shape index (κ1) is 20.4. The Kier molecular flexibility index (Phi) is 6.95. The van der Waals surface area contributed by atoms with Gasteiger partial charge < -0.3 is 14.8 Å². The average molecular weight is 391 g/mol. The number of hydrogen-bond acceptors (Lipinski definition) is 6. The zero-order valence-electron chi connectivity index (χ0n) is 15.1. The minimum atomic E-state index is -3.58. The highest BCUT2D eigenvalue weighted by Gasteiger charge is 2.22. The molecule has 0 heterocycles.